The van der Waals surface area contributed by atoms with E-state index < -0.39 is 0 Å². The van der Waals surface area contributed by atoms with Crippen LogP contribution in [0.1, 0.15) is 19.3 Å². The minimum atomic E-state index is -0.133. The van der Waals surface area contributed by atoms with Crippen LogP contribution in [0.4, 0.5) is 0 Å². The maximum Gasteiger partial charge on any atom is 0.0785 e. The zero-order valence-electron chi connectivity index (χ0n) is 8.53. The summed E-state index contributed by atoms with van der Waals surface area (Å²) in [5.74, 6) is 0. The molecule has 2 aliphatic rings. The lowest BCUT2D eigenvalue weighted by molar-refractivity contribution is -0.0480. The Morgan fingerprint density at radius 2 is 2.14 bits per heavy atom. The first-order valence-corrected chi connectivity index (χ1v) is 6.54. The van der Waals surface area contributed by atoms with Crippen molar-refractivity contribution < 1.29 is 9.84 Å². The number of likely N-dealkylation sites (tertiary alicyclic amines) is 1. The minimum Gasteiger partial charge on any atom is -0.391 e. The van der Waals surface area contributed by atoms with E-state index in [4.69, 9.17) is 4.74 Å². The standard InChI is InChI=1S/C10H18INO2/c1-14-8-4-7(5-8)12-3-2-9(11)10(13)6-12/h7-10,13H,2-6H2,1H3/t7-,8-,9-,10+/m0/s1. The molecular formula is C10H18INO2. The smallest absolute Gasteiger partial charge is 0.0785 e. The van der Waals surface area contributed by atoms with Crippen LogP contribution in [0.2, 0.25) is 0 Å². The molecule has 14 heavy (non-hydrogen) atoms. The van der Waals surface area contributed by atoms with Gasteiger partial charge in [-0.1, -0.05) is 22.6 Å². The molecule has 0 bridgehead atoms. The highest BCUT2D eigenvalue weighted by Crippen LogP contribution is 2.31. The Balaban J connectivity index is 1.78. The Kier molecular flexibility index (Phi) is 3.68. The number of nitrogens with zero attached hydrogens (tertiary/aromatic N) is 1. The van der Waals surface area contributed by atoms with E-state index >= 15 is 0 Å². The van der Waals surface area contributed by atoms with E-state index in [1.54, 1.807) is 7.11 Å². The average molecular weight is 311 g/mol. The van der Waals surface area contributed by atoms with Crippen molar-refractivity contribution in [1.82, 2.24) is 4.90 Å². The number of β-amino-alcohol motifs (C(OH)–C–C–N with tert-alkyl or cyclic N) is 1. The van der Waals surface area contributed by atoms with Crippen molar-refractivity contribution in [3.63, 3.8) is 0 Å². The van der Waals surface area contributed by atoms with Gasteiger partial charge in [0.05, 0.1) is 12.2 Å². The van der Waals surface area contributed by atoms with E-state index in [2.05, 4.69) is 27.5 Å². The van der Waals surface area contributed by atoms with E-state index in [0.29, 0.717) is 16.1 Å². The molecule has 0 aromatic rings. The quantitative estimate of drug-likeness (QED) is 0.611. The van der Waals surface area contributed by atoms with Crippen molar-refractivity contribution in [2.24, 2.45) is 0 Å². The number of methoxy groups -OCH3 is 1. The van der Waals surface area contributed by atoms with Crippen LogP contribution in [0.3, 0.4) is 0 Å². The summed E-state index contributed by atoms with van der Waals surface area (Å²) in [7, 11) is 1.78. The van der Waals surface area contributed by atoms with Gasteiger partial charge in [-0.15, -0.1) is 0 Å². The van der Waals surface area contributed by atoms with Gasteiger partial charge >= 0.3 is 0 Å². The van der Waals surface area contributed by atoms with E-state index in [-0.39, 0.29) is 6.10 Å². The van der Waals surface area contributed by atoms with Gasteiger partial charge in [-0.25, -0.2) is 0 Å². The first-order valence-electron chi connectivity index (χ1n) is 5.29. The van der Waals surface area contributed by atoms with E-state index in [1.807, 2.05) is 0 Å². The van der Waals surface area contributed by atoms with Gasteiger partial charge in [0.25, 0.3) is 0 Å². The van der Waals surface area contributed by atoms with Gasteiger partial charge in [0.15, 0.2) is 0 Å². The fraction of sp³-hybridized carbons (Fsp3) is 1.00. The second-order valence-electron chi connectivity index (χ2n) is 4.35. The Labute approximate surface area is 98.9 Å². The first kappa shape index (κ1) is 11.1. The van der Waals surface area contributed by atoms with Crippen LogP contribution in [0.15, 0.2) is 0 Å². The van der Waals surface area contributed by atoms with E-state index in [9.17, 15) is 5.11 Å². The molecule has 0 amide bonds. The zero-order valence-corrected chi connectivity index (χ0v) is 10.7. The lowest BCUT2D eigenvalue weighted by atomic mass is 9.86. The van der Waals surface area contributed by atoms with Crippen molar-refractivity contribution in [2.45, 2.75) is 41.4 Å². The molecule has 1 saturated carbocycles. The number of rotatable bonds is 2. The van der Waals surface area contributed by atoms with Crippen molar-refractivity contribution in [1.29, 1.82) is 0 Å². The zero-order chi connectivity index (χ0) is 10.1. The number of aliphatic hydroxyl groups excluding tert-OH is 1. The minimum absolute atomic E-state index is 0.133. The van der Waals surface area contributed by atoms with Gasteiger partial charge in [0.2, 0.25) is 0 Å². The SMILES string of the molecule is CO[C@H]1C[C@H](N2CC[C@H](I)[C@H](O)C2)C1. The lowest BCUT2D eigenvalue weighted by Crippen LogP contribution is -2.54. The molecule has 0 unspecified atom stereocenters. The van der Waals surface area contributed by atoms with E-state index in [0.717, 1.165) is 32.4 Å². The third-order valence-corrected chi connectivity index (χ3v) is 4.90. The van der Waals surface area contributed by atoms with Gasteiger partial charge in [-0.2, -0.15) is 0 Å². The maximum absolute atomic E-state index is 9.76. The predicted octanol–water partition coefficient (Wildman–Crippen LogP) is 1.03. The number of alkyl halides is 1. The summed E-state index contributed by atoms with van der Waals surface area (Å²) >= 11 is 2.36. The number of hydrogen-bond donors (Lipinski definition) is 1. The molecular weight excluding hydrogens is 293 g/mol. The normalized spacial score (nSPS) is 44.8. The summed E-state index contributed by atoms with van der Waals surface area (Å²) in [5, 5.41) is 9.76. The fourth-order valence-electron chi connectivity index (χ4n) is 2.29. The molecule has 1 N–H and O–H groups in total. The highest BCUT2D eigenvalue weighted by atomic mass is 127. The molecule has 2 rings (SSSR count). The van der Waals surface area contributed by atoms with Crippen molar-refractivity contribution in [3.05, 3.63) is 0 Å². The second-order valence-corrected chi connectivity index (χ2v) is 5.95. The molecule has 4 heteroatoms. The highest BCUT2D eigenvalue weighted by Gasteiger charge is 2.37. The Hall–Kier alpha value is 0.610. The molecule has 0 aromatic heterocycles. The average Bonchev–Trinajstić information content (AvgIpc) is 2.09. The molecule has 0 radical (unpaired) electrons. The number of hydrogen-bond acceptors (Lipinski definition) is 3. The van der Waals surface area contributed by atoms with Gasteiger partial charge in [-0.3, -0.25) is 4.90 Å². The third-order valence-electron chi connectivity index (χ3n) is 3.45. The van der Waals surface area contributed by atoms with Gasteiger partial charge in [0, 0.05) is 23.6 Å². The maximum atomic E-state index is 9.76. The summed E-state index contributed by atoms with van der Waals surface area (Å²) in [4.78, 5) is 2.43. The number of piperidine rings is 1. The molecule has 82 valence electrons. The van der Waals surface area contributed by atoms with Gasteiger partial charge in [-0.05, 0) is 25.8 Å². The van der Waals surface area contributed by atoms with Crippen LogP contribution in [0, 0.1) is 0 Å². The van der Waals surface area contributed by atoms with Crippen molar-refractivity contribution >= 4 is 22.6 Å². The van der Waals surface area contributed by atoms with Crippen molar-refractivity contribution in [2.75, 3.05) is 20.2 Å². The monoisotopic (exact) mass is 311 g/mol. The molecule has 2 fully saturated rings. The molecule has 1 aliphatic carbocycles. The lowest BCUT2D eigenvalue weighted by Gasteiger charge is -2.45. The number of halogens is 1. The summed E-state index contributed by atoms with van der Waals surface area (Å²) in [5.41, 5.74) is 0. The number of ether oxygens (including phenoxy) is 1. The van der Waals surface area contributed by atoms with Crippen LogP contribution >= 0.6 is 22.6 Å². The molecule has 0 aromatic carbocycles. The summed E-state index contributed by atoms with van der Waals surface area (Å²) in [6, 6.07) is 0.665. The Morgan fingerprint density at radius 3 is 2.71 bits per heavy atom. The van der Waals surface area contributed by atoms with Crippen LogP contribution in [0.25, 0.3) is 0 Å². The molecule has 0 spiro atoms. The summed E-state index contributed by atoms with van der Waals surface area (Å²) in [6.45, 7) is 2.00. The first-order chi connectivity index (χ1) is 6.70. The van der Waals surface area contributed by atoms with Gasteiger partial charge < -0.3 is 9.84 Å². The van der Waals surface area contributed by atoms with Crippen LogP contribution in [-0.4, -0.2) is 52.4 Å². The Morgan fingerprint density at radius 1 is 1.43 bits per heavy atom. The largest absolute Gasteiger partial charge is 0.391 e. The topological polar surface area (TPSA) is 32.7 Å². The van der Waals surface area contributed by atoms with Gasteiger partial charge in [0.1, 0.15) is 0 Å². The van der Waals surface area contributed by atoms with E-state index in [1.165, 1.54) is 0 Å². The highest BCUT2D eigenvalue weighted by molar-refractivity contribution is 14.1. The molecule has 1 heterocycles. The third kappa shape index (κ3) is 2.23. The molecule has 1 aliphatic heterocycles. The second kappa shape index (κ2) is 4.63. The van der Waals surface area contributed by atoms with Crippen molar-refractivity contribution in [3.8, 4) is 0 Å². The summed E-state index contributed by atoms with van der Waals surface area (Å²) < 4.78 is 5.71. The van der Waals surface area contributed by atoms with Crippen LogP contribution in [-0.2, 0) is 4.74 Å². The number of aliphatic hydroxyl groups is 1. The van der Waals surface area contributed by atoms with Crippen LogP contribution in [0.5, 0.6) is 0 Å². The predicted molar refractivity (Wildman–Crippen MR) is 63.8 cm³/mol. The summed E-state index contributed by atoms with van der Waals surface area (Å²) in [6.07, 6.45) is 3.75. The molecule has 3 nitrogen and oxygen atoms in total. The van der Waals surface area contributed by atoms with Crippen LogP contribution < -0.4 is 0 Å². The fourth-order valence-corrected chi connectivity index (χ4v) is 2.79. The molecule has 2 atom stereocenters. The Bertz CT molecular complexity index is 197. The molecule has 1 saturated heterocycles.